The number of nitrogens with zero attached hydrogens (tertiary/aromatic N) is 2. The molecule has 2 aliphatic heterocycles. The van der Waals surface area contributed by atoms with E-state index in [-0.39, 0.29) is 12.5 Å². The summed E-state index contributed by atoms with van der Waals surface area (Å²) >= 11 is 0. The quantitative estimate of drug-likeness (QED) is 0.347. The zero-order valence-corrected chi connectivity index (χ0v) is 20.8. The second-order valence-corrected chi connectivity index (χ2v) is 9.08. The minimum absolute atomic E-state index is 0.0799. The molecule has 3 aromatic rings. The van der Waals surface area contributed by atoms with Gasteiger partial charge in [-0.1, -0.05) is 36.4 Å². The van der Waals surface area contributed by atoms with Gasteiger partial charge < -0.3 is 24.2 Å². The first-order chi connectivity index (χ1) is 18.1. The molecule has 0 radical (unpaired) electrons. The summed E-state index contributed by atoms with van der Waals surface area (Å²) in [6.07, 6.45) is 2.05. The Morgan fingerprint density at radius 3 is 2.70 bits per heavy atom. The van der Waals surface area contributed by atoms with Crippen molar-refractivity contribution < 1.29 is 24.1 Å². The van der Waals surface area contributed by atoms with Gasteiger partial charge in [0.25, 0.3) is 5.91 Å². The molecule has 0 unspecified atom stereocenters. The number of carbonyl (C=O) groups is 1. The normalized spacial score (nSPS) is 20.3. The Kier molecular flexibility index (Phi) is 6.97. The predicted octanol–water partition coefficient (Wildman–Crippen LogP) is 4.49. The molecular formula is C30H30N2O5. The zero-order chi connectivity index (χ0) is 25.8. The van der Waals surface area contributed by atoms with Crippen LogP contribution in [0.2, 0.25) is 0 Å². The van der Waals surface area contributed by atoms with Crippen LogP contribution in [0.25, 0.3) is 0 Å². The number of hydrogen-bond donors (Lipinski definition) is 1. The Balaban J connectivity index is 1.58. The third-order valence-corrected chi connectivity index (χ3v) is 6.70. The van der Waals surface area contributed by atoms with Crippen molar-refractivity contribution in [3.8, 4) is 11.5 Å². The topological polar surface area (TPSA) is 80.6 Å². The van der Waals surface area contributed by atoms with Crippen molar-refractivity contribution in [1.82, 2.24) is 0 Å². The van der Waals surface area contributed by atoms with Gasteiger partial charge in [0.15, 0.2) is 11.6 Å². The molecule has 2 heterocycles. The molecule has 0 fully saturated rings. The summed E-state index contributed by atoms with van der Waals surface area (Å²) in [6.45, 7) is 4.75. The summed E-state index contributed by atoms with van der Waals surface area (Å²) in [5.41, 5.74) is 2.28. The maximum absolute atomic E-state index is 14.2. The highest BCUT2D eigenvalue weighted by Crippen LogP contribution is 2.48. The van der Waals surface area contributed by atoms with Crippen LogP contribution in [0.4, 0.5) is 5.69 Å². The van der Waals surface area contributed by atoms with Gasteiger partial charge >= 0.3 is 0 Å². The van der Waals surface area contributed by atoms with Gasteiger partial charge in [-0.05, 0) is 53.6 Å². The highest BCUT2D eigenvalue weighted by Gasteiger charge is 2.57. The predicted molar refractivity (Wildman–Crippen MR) is 142 cm³/mol. The van der Waals surface area contributed by atoms with E-state index >= 15 is 0 Å². The lowest BCUT2D eigenvalue weighted by molar-refractivity contribution is -0.126. The molecule has 37 heavy (non-hydrogen) atoms. The van der Waals surface area contributed by atoms with Crippen LogP contribution < -0.4 is 14.4 Å². The summed E-state index contributed by atoms with van der Waals surface area (Å²) < 4.78 is 17.7. The molecule has 7 nitrogen and oxygen atoms in total. The fourth-order valence-corrected chi connectivity index (χ4v) is 4.94. The maximum Gasteiger partial charge on any atom is 0.259 e. The number of aliphatic imine (C=N–C) groups is 1. The number of hydrogen-bond acceptors (Lipinski definition) is 6. The summed E-state index contributed by atoms with van der Waals surface area (Å²) in [5.74, 6) is 1.65. The zero-order valence-electron chi connectivity index (χ0n) is 20.8. The molecule has 1 N–H and O–H groups in total. The van der Waals surface area contributed by atoms with Gasteiger partial charge in [0.2, 0.25) is 5.90 Å². The van der Waals surface area contributed by atoms with Crippen LogP contribution in [0.1, 0.15) is 29.2 Å². The molecule has 0 aromatic heterocycles. The van der Waals surface area contributed by atoms with Crippen LogP contribution in [-0.2, 0) is 16.0 Å². The van der Waals surface area contributed by atoms with Crippen LogP contribution >= 0.6 is 0 Å². The Hall–Kier alpha value is -4.10. The molecule has 7 heteroatoms. The minimum atomic E-state index is -1.19. The fourth-order valence-electron chi connectivity index (χ4n) is 4.94. The van der Waals surface area contributed by atoms with Crippen LogP contribution in [-0.4, -0.2) is 49.3 Å². The summed E-state index contributed by atoms with van der Waals surface area (Å²) in [7, 11) is 1.62. The second kappa shape index (κ2) is 10.5. The largest absolute Gasteiger partial charge is 0.497 e. The van der Waals surface area contributed by atoms with Gasteiger partial charge in [0.05, 0.1) is 13.7 Å². The smallest absolute Gasteiger partial charge is 0.259 e. The Morgan fingerprint density at radius 1 is 1.14 bits per heavy atom. The molecule has 0 saturated carbocycles. The average Bonchev–Trinajstić information content (AvgIpc) is 3.32. The van der Waals surface area contributed by atoms with E-state index in [2.05, 4.69) is 6.58 Å². The number of aliphatic hydroxyl groups is 1. The van der Waals surface area contributed by atoms with E-state index in [4.69, 9.17) is 24.3 Å². The van der Waals surface area contributed by atoms with Gasteiger partial charge in [-0.15, -0.1) is 6.58 Å². The van der Waals surface area contributed by atoms with Crippen LogP contribution in [0.15, 0.2) is 90.4 Å². The average molecular weight is 499 g/mol. The van der Waals surface area contributed by atoms with Gasteiger partial charge in [0, 0.05) is 37.2 Å². The van der Waals surface area contributed by atoms with E-state index in [1.807, 2.05) is 72.8 Å². The highest BCUT2D eigenvalue weighted by molar-refractivity contribution is 6.08. The summed E-state index contributed by atoms with van der Waals surface area (Å²) in [5, 5.41) is 8.98. The van der Waals surface area contributed by atoms with Crippen molar-refractivity contribution in [2.45, 2.75) is 24.5 Å². The van der Waals surface area contributed by atoms with E-state index in [1.54, 1.807) is 18.1 Å². The number of aliphatic hydroxyl groups excluding tert-OH is 1. The van der Waals surface area contributed by atoms with E-state index in [0.29, 0.717) is 43.4 Å². The van der Waals surface area contributed by atoms with Crippen LogP contribution in [0.5, 0.6) is 11.5 Å². The summed E-state index contributed by atoms with van der Waals surface area (Å²) in [4.78, 5) is 21.0. The Morgan fingerprint density at radius 2 is 1.95 bits per heavy atom. The molecule has 1 spiro atoms. The number of carbonyl (C=O) groups excluding carboxylic acids is 1. The molecule has 0 saturated heterocycles. The molecule has 1 amide bonds. The van der Waals surface area contributed by atoms with Gasteiger partial charge in [-0.3, -0.25) is 4.79 Å². The number of rotatable bonds is 9. The third-order valence-electron chi connectivity index (χ3n) is 6.70. The van der Waals surface area contributed by atoms with Crippen molar-refractivity contribution in [3.05, 3.63) is 102 Å². The van der Waals surface area contributed by atoms with Crippen molar-refractivity contribution in [2.75, 3.05) is 31.8 Å². The minimum Gasteiger partial charge on any atom is -0.497 e. The van der Waals surface area contributed by atoms with E-state index in [1.165, 1.54) is 0 Å². The molecular weight excluding hydrogens is 468 g/mol. The molecule has 190 valence electrons. The monoisotopic (exact) mass is 498 g/mol. The number of anilines is 1. The summed E-state index contributed by atoms with van der Waals surface area (Å²) in [6, 6.07) is 22.9. The number of methoxy groups -OCH3 is 1. The van der Waals surface area contributed by atoms with Crippen molar-refractivity contribution in [3.63, 3.8) is 0 Å². The Labute approximate surface area is 216 Å². The van der Waals surface area contributed by atoms with Gasteiger partial charge in [0.1, 0.15) is 11.5 Å². The van der Waals surface area contributed by atoms with Gasteiger partial charge in [-0.2, -0.15) is 0 Å². The fraction of sp³-hybridized carbons (Fsp3) is 0.267. The van der Waals surface area contributed by atoms with Crippen molar-refractivity contribution >= 4 is 17.5 Å². The molecule has 2 atom stereocenters. The van der Waals surface area contributed by atoms with Crippen molar-refractivity contribution in [1.29, 1.82) is 0 Å². The number of amides is 1. The van der Waals surface area contributed by atoms with E-state index in [9.17, 15) is 4.79 Å². The second-order valence-electron chi connectivity index (χ2n) is 9.08. The van der Waals surface area contributed by atoms with Crippen LogP contribution in [0.3, 0.4) is 0 Å². The number of ether oxygens (including phenoxy) is 3. The molecule has 2 aliphatic rings. The lowest BCUT2D eigenvalue weighted by atomic mass is 9.78. The molecule has 5 rings (SSSR count). The first kappa shape index (κ1) is 24.6. The Bertz CT molecular complexity index is 1320. The molecule has 0 bridgehead atoms. The standard InChI is InChI=1S/C30H30N2O5/c1-3-16-32-26-11-5-4-8-23(26)20-30(29(32)34)27(22-9-6-10-25(19-22)35-2)37-28(31-30)21-12-14-24(15-13-21)36-18-7-17-33/h3-6,8-15,19,27,33H,1,7,16-18,20H2,2H3/t27-,30-/m0/s1. The SMILES string of the molecule is C=CCN1C(=O)[C@@]2(Cc3ccccc31)N=C(c1ccc(OCCCO)cc1)O[C@H]2c1cccc(OC)c1. The number of fused-ring (bicyclic) bond motifs is 1. The number of para-hydroxylation sites is 1. The number of benzene rings is 3. The molecule has 3 aromatic carbocycles. The highest BCUT2D eigenvalue weighted by atomic mass is 16.5. The van der Waals surface area contributed by atoms with Crippen molar-refractivity contribution in [2.24, 2.45) is 4.99 Å². The first-order valence-corrected chi connectivity index (χ1v) is 12.3. The van der Waals surface area contributed by atoms with E-state index < -0.39 is 11.6 Å². The van der Waals surface area contributed by atoms with Crippen LogP contribution in [0, 0.1) is 0 Å². The van der Waals surface area contributed by atoms with Gasteiger partial charge in [-0.25, -0.2) is 4.99 Å². The maximum atomic E-state index is 14.2. The van der Waals surface area contributed by atoms with E-state index in [0.717, 1.165) is 22.4 Å². The lowest BCUT2D eigenvalue weighted by Gasteiger charge is -2.40. The molecule has 0 aliphatic carbocycles. The third kappa shape index (κ3) is 4.58. The first-order valence-electron chi connectivity index (χ1n) is 12.3. The lowest BCUT2D eigenvalue weighted by Crippen LogP contribution is -2.55.